The molecule has 0 fully saturated rings. The van der Waals surface area contributed by atoms with Crippen molar-refractivity contribution in [1.82, 2.24) is 10.3 Å². The fourth-order valence-electron chi connectivity index (χ4n) is 2.16. The Bertz CT molecular complexity index is 834. The summed E-state index contributed by atoms with van der Waals surface area (Å²) < 4.78 is 43.0. The first kappa shape index (κ1) is 19.6. The number of rotatable bonds is 3. The Balaban J connectivity index is 2.17. The fourth-order valence-corrected chi connectivity index (χ4v) is 2.16. The SMILES string of the molecule is CC(C)(C)OC(=O)NCc1cc(-c2ccc(C(F)(F)F)cc2)c[nH]c1=O. The first-order chi connectivity index (χ1) is 12.0. The molecule has 0 spiro atoms. The Morgan fingerprint density at radius 3 is 2.27 bits per heavy atom. The van der Waals surface area contributed by atoms with Gasteiger partial charge in [0.05, 0.1) is 12.1 Å². The van der Waals surface area contributed by atoms with Gasteiger partial charge in [0.1, 0.15) is 5.60 Å². The molecule has 2 N–H and O–H groups in total. The molecule has 1 aromatic carbocycles. The summed E-state index contributed by atoms with van der Waals surface area (Å²) in [6.07, 6.45) is -3.68. The molecule has 8 heteroatoms. The highest BCUT2D eigenvalue weighted by Crippen LogP contribution is 2.30. The first-order valence-corrected chi connectivity index (χ1v) is 7.82. The van der Waals surface area contributed by atoms with Gasteiger partial charge in [-0.2, -0.15) is 13.2 Å². The molecule has 0 bridgehead atoms. The van der Waals surface area contributed by atoms with Crippen molar-refractivity contribution in [3.8, 4) is 11.1 Å². The van der Waals surface area contributed by atoms with Gasteiger partial charge in [0.25, 0.3) is 5.56 Å². The molecule has 1 amide bonds. The number of carbonyl (C=O) groups is 1. The maximum Gasteiger partial charge on any atom is 0.416 e. The van der Waals surface area contributed by atoms with Crippen LogP contribution in [0.15, 0.2) is 41.3 Å². The van der Waals surface area contributed by atoms with Crippen molar-refractivity contribution in [2.24, 2.45) is 0 Å². The number of benzene rings is 1. The molecule has 26 heavy (non-hydrogen) atoms. The van der Waals surface area contributed by atoms with E-state index in [0.717, 1.165) is 12.1 Å². The third kappa shape index (κ3) is 5.37. The summed E-state index contributed by atoms with van der Waals surface area (Å²) in [7, 11) is 0. The average molecular weight is 368 g/mol. The molecule has 0 unspecified atom stereocenters. The summed E-state index contributed by atoms with van der Waals surface area (Å²) in [5, 5.41) is 2.47. The number of pyridine rings is 1. The zero-order chi connectivity index (χ0) is 19.5. The van der Waals surface area contributed by atoms with Gasteiger partial charge in [-0.15, -0.1) is 0 Å². The van der Waals surface area contributed by atoms with Gasteiger partial charge in [0.2, 0.25) is 0 Å². The van der Waals surface area contributed by atoms with Gasteiger partial charge in [-0.25, -0.2) is 4.79 Å². The predicted octanol–water partition coefficient (Wildman–Crippen LogP) is 4.09. The van der Waals surface area contributed by atoms with Crippen LogP contribution in [0.25, 0.3) is 11.1 Å². The van der Waals surface area contributed by atoms with E-state index in [4.69, 9.17) is 4.74 Å². The minimum absolute atomic E-state index is 0.0707. The Hall–Kier alpha value is -2.77. The number of halogens is 3. The number of hydrogen-bond donors (Lipinski definition) is 2. The van der Waals surface area contributed by atoms with Crippen LogP contribution >= 0.6 is 0 Å². The molecule has 2 rings (SSSR count). The maximum atomic E-state index is 12.6. The minimum Gasteiger partial charge on any atom is -0.444 e. The van der Waals surface area contributed by atoms with Gasteiger partial charge in [-0.3, -0.25) is 4.79 Å². The molecular weight excluding hydrogens is 349 g/mol. The monoisotopic (exact) mass is 368 g/mol. The molecule has 0 aliphatic carbocycles. The smallest absolute Gasteiger partial charge is 0.416 e. The molecule has 0 saturated heterocycles. The number of hydrogen-bond acceptors (Lipinski definition) is 3. The largest absolute Gasteiger partial charge is 0.444 e. The van der Waals surface area contributed by atoms with E-state index in [9.17, 15) is 22.8 Å². The van der Waals surface area contributed by atoms with Crippen molar-refractivity contribution in [2.75, 3.05) is 0 Å². The van der Waals surface area contributed by atoms with E-state index in [1.807, 2.05) is 0 Å². The molecule has 140 valence electrons. The number of amides is 1. The number of alkyl carbamates (subject to hydrolysis) is 1. The summed E-state index contributed by atoms with van der Waals surface area (Å²) in [4.78, 5) is 26.1. The van der Waals surface area contributed by atoms with Gasteiger partial charge in [0.15, 0.2) is 0 Å². The lowest BCUT2D eigenvalue weighted by Crippen LogP contribution is -2.33. The van der Waals surface area contributed by atoms with E-state index in [1.54, 1.807) is 20.8 Å². The van der Waals surface area contributed by atoms with Crippen molar-refractivity contribution < 1.29 is 22.7 Å². The number of alkyl halides is 3. The van der Waals surface area contributed by atoms with E-state index in [-0.39, 0.29) is 12.1 Å². The van der Waals surface area contributed by atoms with Crippen molar-refractivity contribution in [3.63, 3.8) is 0 Å². The highest BCUT2D eigenvalue weighted by molar-refractivity contribution is 5.68. The van der Waals surface area contributed by atoms with Crippen LogP contribution in [0.4, 0.5) is 18.0 Å². The van der Waals surface area contributed by atoms with Crippen molar-refractivity contribution in [2.45, 2.75) is 39.1 Å². The van der Waals surface area contributed by atoms with Gasteiger partial charge in [-0.1, -0.05) is 12.1 Å². The van der Waals surface area contributed by atoms with E-state index >= 15 is 0 Å². The van der Waals surface area contributed by atoms with Gasteiger partial charge >= 0.3 is 12.3 Å². The molecule has 1 heterocycles. The number of nitrogens with one attached hydrogen (secondary N) is 2. The Labute approximate surface area is 148 Å². The molecule has 0 atom stereocenters. The fraction of sp³-hybridized carbons (Fsp3) is 0.333. The van der Waals surface area contributed by atoms with Crippen LogP contribution in [-0.2, 0) is 17.5 Å². The lowest BCUT2D eigenvalue weighted by molar-refractivity contribution is -0.137. The third-order valence-electron chi connectivity index (χ3n) is 3.35. The number of H-pyrrole nitrogens is 1. The van der Waals surface area contributed by atoms with E-state index in [2.05, 4.69) is 10.3 Å². The number of carbonyl (C=O) groups excluding carboxylic acids is 1. The van der Waals surface area contributed by atoms with Crippen molar-refractivity contribution >= 4 is 6.09 Å². The molecule has 1 aromatic heterocycles. The van der Waals surface area contributed by atoms with E-state index in [1.165, 1.54) is 24.4 Å². The Kier molecular flexibility index (Phi) is 5.44. The number of ether oxygens (including phenoxy) is 1. The average Bonchev–Trinajstić information content (AvgIpc) is 2.52. The van der Waals surface area contributed by atoms with Gasteiger partial charge in [-0.05, 0) is 50.1 Å². The zero-order valence-electron chi connectivity index (χ0n) is 14.5. The molecule has 0 radical (unpaired) electrons. The van der Waals surface area contributed by atoms with Crippen LogP contribution in [0, 0.1) is 0 Å². The second-order valence-electron chi connectivity index (χ2n) is 6.67. The van der Waals surface area contributed by atoms with Crippen LogP contribution in [0.2, 0.25) is 0 Å². The Morgan fingerprint density at radius 1 is 1.12 bits per heavy atom. The summed E-state index contributed by atoms with van der Waals surface area (Å²) >= 11 is 0. The van der Waals surface area contributed by atoms with Crippen LogP contribution in [0.5, 0.6) is 0 Å². The lowest BCUT2D eigenvalue weighted by Gasteiger charge is -2.19. The topological polar surface area (TPSA) is 71.2 Å². The van der Waals surface area contributed by atoms with Crippen molar-refractivity contribution in [1.29, 1.82) is 0 Å². The number of aromatic amines is 1. The third-order valence-corrected chi connectivity index (χ3v) is 3.35. The molecule has 5 nitrogen and oxygen atoms in total. The summed E-state index contributed by atoms with van der Waals surface area (Å²) in [6.45, 7) is 5.07. The van der Waals surface area contributed by atoms with Gasteiger partial charge < -0.3 is 15.0 Å². The molecule has 0 aliphatic rings. The van der Waals surface area contributed by atoms with Crippen LogP contribution in [0.3, 0.4) is 0 Å². The van der Waals surface area contributed by atoms with Crippen LogP contribution in [-0.4, -0.2) is 16.7 Å². The molecular formula is C18H19F3N2O3. The summed E-state index contributed by atoms with van der Waals surface area (Å²) in [5.74, 6) is 0. The molecule has 0 aliphatic heterocycles. The maximum absolute atomic E-state index is 12.6. The van der Waals surface area contributed by atoms with Crippen molar-refractivity contribution in [3.05, 3.63) is 58.0 Å². The summed E-state index contributed by atoms with van der Waals surface area (Å²) in [5.41, 5.74) is -0.534. The lowest BCUT2D eigenvalue weighted by atomic mass is 10.0. The second-order valence-corrected chi connectivity index (χ2v) is 6.67. The second kappa shape index (κ2) is 7.23. The minimum atomic E-state index is -4.41. The highest BCUT2D eigenvalue weighted by Gasteiger charge is 2.30. The van der Waals surface area contributed by atoms with Crippen LogP contribution < -0.4 is 10.9 Å². The zero-order valence-corrected chi connectivity index (χ0v) is 14.5. The standard InChI is InChI=1S/C18H19F3N2O3/c1-17(2,3)26-16(25)23-10-13-8-12(9-22-15(13)24)11-4-6-14(7-5-11)18(19,20)21/h4-9H,10H2,1-3H3,(H,22,24)(H,23,25). The van der Waals surface area contributed by atoms with E-state index < -0.39 is 29.0 Å². The van der Waals surface area contributed by atoms with Crippen LogP contribution in [0.1, 0.15) is 31.9 Å². The Morgan fingerprint density at radius 2 is 1.73 bits per heavy atom. The quantitative estimate of drug-likeness (QED) is 0.857. The number of aromatic nitrogens is 1. The van der Waals surface area contributed by atoms with E-state index in [0.29, 0.717) is 11.1 Å². The summed E-state index contributed by atoms with van der Waals surface area (Å²) in [6, 6.07) is 6.10. The first-order valence-electron chi connectivity index (χ1n) is 7.82. The highest BCUT2D eigenvalue weighted by atomic mass is 19.4. The normalized spacial score (nSPS) is 11.9. The predicted molar refractivity (Wildman–Crippen MR) is 90.6 cm³/mol. The molecule has 2 aromatic rings. The molecule has 0 saturated carbocycles. The van der Waals surface area contributed by atoms with Gasteiger partial charge in [0, 0.05) is 11.8 Å².